The maximum atomic E-state index is 9.55. The second-order valence-corrected chi connectivity index (χ2v) is 5.91. The molecule has 7 heteroatoms. The van der Waals surface area contributed by atoms with Crippen LogP contribution in [0.3, 0.4) is 0 Å². The van der Waals surface area contributed by atoms with Gasteiger partial charge in [-0.3, -0.25) is 4.98 Å². The van der Waals surface area contributed by atoms with E-state index in [2.05, 4.69) is 46.8 Å². The molecule has 3 rings (SSSR count). The number of aliphatic carboxylic acids is 2. The number of carboxylic acid groups (broad SMARTS) is 2. The summed E-state index contributed by atoms with van der Waals surface area (Å²) in [4.78, 5) is 28.0. The molecule has 0 saturated carbocycles. The van der Waals surface area contributed by atoms with Crippen molar-refractivity contribution < 1.29 is 19.8 Å². The van der Waals surface area contributed by atoms with Gasteiger partial charge >= 0.3 is 11.9 Å². The van der Waals surface area contributed by atoms with E-state index in [1.807, 2.05) is 18.5 Å². The van der Waals surface area contributed by atoms with Crippen LogP contribution in [-0.2, 0) is 9.59 Å². The van der Waals surface area contributed by atoms with Crippen molar-refractivity contribution in [2.24, 2.45) is 0 Å². The molecule has 25 heavy (non-hydrogen) atoms. The smallest absolute Gasteiger partial charge is 0.328 e. The van der Waals surface area contributed by atoms with Gasteiger partial charge in [0.05, 0.1) is 16.3 Å². The Balaban J connectivity index is 0.000000242. The summed E-state index contributed by atoms with van der Waals surface area (Å²) in [5.74, 6) is -2.51. The van der Waals surface area contributed by atoms with Crippen LogP contribution in [0.1, 0.15) is 0 Å². The van der Waals surface area contributed by atoms with Gasteiger partial charge in [0.15, 0.2) is 0 Å². The predicted molar refractivity (Wildman–Crippen MR) is 96.4 cm³/mol. The van der Waals surface area contributed by atoms with Crippen LogP contribution in [0.25, 0.3) is 0 Å². The van der Waals surface area contributed by atoms with Gasteiger partial charge in [-0.1, -0.05) is 30.0 Å². The molecule has 0 radical (unpaired) electrons. The summed E-state index contributed by atoms with van der Waals surface area (Å²) in [6, 6.07) is 10.5. The molecule has 2 N–H and O–H groups in total. The molecule has 0 saturated heterocycles. The molecular weight excluding hydrogens is 340 g/mol. The van der Waals surface area contributed by atoms with E-state index >= 15 is 0 Å². The van der Waals surface area contributed by atoms with E-state index in [4.69, 9.17) is 10.2 Å². The van der Waals surface area contributed by atoms with Crippen molar-refractivity contribution in [3.8, 4) is 0 Å². The zero-order valence-corrected chi connectivity index (χ0v) is 14.0. The van der Waals surface area contributed by atoms with E-state index in [1.165, 1.54) is 21.2 Å². The Bertz CT molecular complexity index is 759. The number of nitrogens with zero attached hydrogens (tertiary/aromatic N) is 2. The molecule has 0 fully saturated rings. The first-order valence-electron chi connectivity index (χ1n) is 7.26. The number of hydrogen-bond donors (Lipinski definition) is 2. The van der Waals surface area contributed by atoms with Gasteiger partial charge in [0.1, 0.15) is 0 Å². The van der Waals surface area contributed by atoms with E-state index in [-0.39, 0.29) is 0 Å². The Kier molecular flexibility index (Phi) is 6.36. The van der Waals surface area contributed by atoms with Crippen molar-refractivity contribution in [3.63, 3.8) is 0 Å². The van der Waals surface area contributed by atoms with Crippen LogP contribution in [0.15, 0.2) is 77.3 Å². The van der Waals surface area contributed by atoms with Crippen molar-refractivity contribution in [1.82, 2.24) is 4.98 Å². The number of anilines is 2. The standard InChI is InChI=1S/C14H12N2S.C4H4O4/c1-2-9-16-11-5-3-4-6-13(11)17-14-10-15-8-7-12(14)16;5-3(6)1-2-4(7)8/h2-8,10H,1,9H2;1-2H,(H,5,6)(H,7,8). The minimum absolute atomic E-state index is 0.558. The molecule has 0 aliphatic carbocycles. The molecule has 0 unspecified atom stereocenters. The maximum Gasteiger partial charge on any atom is 0.328 e. The van der Waals surface area contributed by atoms with Gasteiger partial charge in [-0.2, -0.15) is 0 Å². The largest absolute Gasteiger partial charge is 0.478 e. The molecule has 0 amide bonds. The van der Waals surface area contributed by atoms with Gasteiger partial charge in [0.25, 0.3) is 0 Å². The highest BCUT2D eigenvalue weighted by Gasteiger charge is 2.21. The fourth-order valence-electron chi connectivity index (χ4n) is 2.16. The topological polar surface area (TPSA) is 90.7 Å². The van der Waals surface area contributed by atoms with Crippen molar-refractivity contribution >= 4 is 35.1 Å². The highest BCUT2D eigenvalue weighted by Crippen LogP contribution is 2.47. The SMILES string of the molecule is C=CCN1c2ccccc2Sc2cnccc21.O=C(O)C=CC(=O)O. The van der Waals surface area contributed by atoms with Crippen molar-refractivity contribution in [1.29, 1.82) is 0 Å². The van der Waals surface area contributed by atoms with Crippen LogP contribution < -0.4 is 4.90 Å². The average molecular weight is 356 g/mol. The number of fused-ring (bicyclic) bond motifs is 2. The third kappa shape index (κ3) is 4.95. The monoisotopic (exact) mass is 356 g/mol. The fraction of sp³-hybridized carbons (Fsp3) is 0.0556. The Morgan fingerprint density at radius 3 is 2.36 bits per heavy atom. The van der Waals surface area contributed by atoms with E-state index in [1.54, 1.807) is 11.8 Å². The van der Waals surface area contributed by atoms with E-state index < -0.39 is 11.9 Å². The predicted octanol–water partition coefficient (Wildman–Crippen LogP) is 3.58. The third-order valence-corrected chi connectivity index (χ3v) is 4.21. The molecule has 1 aliphatic rings. The summed E-state index contributed by atoms with van der Waals surface area (Å²) in [7, 11) is 0. The minimum atomic E-state index is -1.26. The van der Waals surface area contributed by atoms with Crippen LogP contribution in [0.5, 0.6) is 0 Å². The van der Waals surface area contributed by atoms with Gasteiger partial charge in [-0.15, -0.1) is 6.58 Å². The Labute approximate surface area is 149 Å². The highest BCUT2D eigenvalue weighted by atomic mass is 32.2. The number of para-hydroxylation sites is 1. The highest BCUT2D eigenvalue weighted by molar-refractivity contribution is 7.99. The number of pyridine rings is 1. The summed E-state index contributed by atoms with van der Waals surface area (Å²) >= 11 is 1.77. The van der Waals surface area contributed by atoms with Crippen molar-refractivity contribution in [2.75, 3.05) is 11.4 Å². The zero-order chi connectivity index (χ0) is 18.2. The van der Waals surface area contributed by atoms with Crippen LogP contribution in [0.2, 0.25) is 0 Å². The van der Waals surface area contributed by atoms with Gasteiger partial charge in [-0.25, -0.2) is 9.59 Å². The minimum Gasteiger partial charge on any atom is -0.478 e. The summed E-state index contributed by atoms with van der Waals surface area (Å²) in [6.45, 7) is 4.65. The third-order valence-electron chi connectivity index (χ3n) is 3.11. The molecular formula is C18H16N2O4S. The lowest BCUT2D eigenvalue weighted by molar-refractivity contribution is -0.134. The summed E-state index contributed by atoms with van der Waals surface area (Å²) in [5.41, 5.74) is 2.46. The van der Waals surface area contributed by atoms with Crippen LogP contribution in [0.4, 0.5) is 11.4 Å². The van der Waals surface area contributed by atoms with Crippen LogP contribution >= 0.6 is 11.8 Å². The first-order valence-corrected chi connectivity index (χ1v) is 8.08. The number of aromatic nitrogens is 1. The first kappa shape index (κ1) is 18.3. The Morgan fingerprint density at radius 2 is 1.72 bits per heavy atom. The van der Waals surface area contributed by atoms with Crippen LogP contribution in [0, 0.1) is 0 Å². The normalized spacial score (nSPS) is 11.8. The lowest BCUT2D eigenvalue weighted by atomic mass is 10.2. The molecule has 1 aromatic heterocycles. The Hall–Kier alpha value is -3.06. The van der Waals surface area contributed by atoms with Gasteiger partial charge in [-0.05, 0) is 18.2 Å². The quantitative estimate of drug-likeness (QED) is 0.639. The van der Waals surface area contributed by atoms with Gasteiger partial charge in [0, 0.05) is 36.0 Å². The van der Waals surface area contributed by atoms with E-state index in [0.29, 0.717) is 12.2 Å². The molecule has 1 aromatic carbocycles. The molecule has 6 nitrogen and oxygen atoms in total. The van der Waals surface area contributed by atoms with E-state index in [9.17, 15) is 9.59 Å². The molecule has 1 aliphatic heterocycles. The molecule has 2 heterocycles. The van der Waals surface area contributed by atoms with Crippen LogP contribution in [-0.4, -0.2) is 33.7 Å². The number of rotatable bonds is 4. The molecule has 0 atom stereocenters. The molecule has 0 bridgehead atoms. The second-order valence-electron chi connectivity index (χ2n) is 4.82. The Morgan fingerprint density at radius 1 is 1.08 bits per heavy atom. The van der Waals surface area contributed by atoms with Crippen molar-refractivity contribution in [2.45, 2.75) is 9.79 Å². The number of carboxylic acids is 2. The number of hydrogen-bond acceptors (Lipinski definition) is 5. The maximum absolute atomic E-state index is 9.55. The lowest BCUT2D eigenvalue weighted by Gasteiger charge is -2.31. The summed E-state index contributed by atoms with van der Waals surface area (Å²) in [5, 5.41) is 15.6. The van der Waals surface area contributed by atoms with Gasteiger partial charge in [0.2, 0.25) is 0 Å². The lowest BCUT2D eigenvalue weighted by Crippen LogP contribution is -2.20. The molecule has 0 spiro atoms. The molecule has 2 aromatic rings. The van der Waals surface area contributed by atoms with E-state index in [0.717, 1.165) is 6.54 Å². The first-order chi connectivity index (χ1) is 12.0. The summed E-state index contributed by atoms with van der Waals surface area (Å²) < 4.78 is 0. The summed E-state index contributed by atoms with van der Waals surface area (Å²) in [6.07, 6.45) is 6.80. The van der Waals surface area contributed by atoms with Gasteiger partial charge < -0.3 is 15.1 Å². The number of carbonyl (C=O) groups is 2. The second kappa shape index (κ2) is 8.70. The fourth-order valence-corrected chi connectivity index (χ4v) is 3.22. The average Bonchev–Trinajstić information content (AvgIpc) is 2.60. The zero-order valence-electron chi connectivity index (χ0n) is 13.2. The number of benzene rings is 1. The molecule has 128 valence electrons. The van der Waals surface area contributed by atoms with Crippen molar-refractivity contribution in [3.05, 3.63) is 67.5 Å².